The molecule has 0 heterocycles. The van der Waals surface area contributed by atoms with E-state index in [1.165, 1.54) is 16.7 Å². The van der Waals surface area contributed by atoms with Crippen molar-refractivity contribution >= 4 is 11.5 Å². The number of carbonyl (C=O) groups excluding carboxylic acids is 1. The molecule has 1 amide bonds. The number of hydrogen-bond donors (Lipinski definition) is 1. The highest BCUT2D eigenvalue weighted by Gasteiger charge is 2.12. The van der Waals surface area contributed by atoms with Crippen LogP contribution in [0.1, 0.15) is 51.7 Å². The quantitative estimate of drug-likeness (QED) is 0.802. The monoisotopic (exact) mass is 323 g/mol. The molecule has 0 fully saturated rings. The summed E-state index contributed by atoms with van der Waals surface area (Å²) < 4.78 is 0. The Hall–Kier alpha value is -2.09. The van der Waals surface area contributed by atoms with Gasteiger partial charge in [-0.1, -0.05) is 89.3 Å². The Balaban J connectivity index is 2.04. The molecule has 0 saturated carbocycles. The van der Waals surface area contributed by atoms with E-state index in [4.69, 9.17) is 0 Å². The van der Waals surface area contributed by atoms with E-state index in [0.29, 0.717) is 12.5 Å². The summed E-state index contributed by atoms with van der Waals surface area (Å²) in [6, 6.07) is 8.66. The zero-order valence-electron chi connectivity index (χ0n) is 15.5. The van der Waals surface area contributed by atoms with E-state index in [1.54, 1.807) is 0 Å². The van der Waals surface area contributed by atoms with Gasteiger partial charge in [0, 0.05) is 17.9 Å². The van der Waals surface area contributed by atoms with Gasteiger partial charge in [0.2, 0.25) is 5.91 Å². The number of carbonyl (C=O) groups is 1. The first-order valence-corrected chi connectivity index (χ1v) is 8.75. The summed E-state index contributed by atoms with van der Waals surface area (Å²) in [5, 5.41) is 3.00. The molecule has 0 aromatic heterocycles. The van der Waals surface area contributed by atoms with Gasteiger partial charge in [0.1, 0.15) is 0 Å². The maximum absolute atomic E-state index is 11.7. The first kappa shape index (κ1) is 18.3. The first-order valence-electron chi connectivity index (χ1n) is 8.75. The Labute approximate surface area is 146 Å². The van der Waals surface area contributed by atoms with Gasteiger partial charge < -0.3 is 5.32 Å². The lowest BCUT2D eigenvalue weighted by atomic mass is 9.92. The Bertz CT molecular complexity index is 660. The molecule has 0 bridgehead atoms. The molecule has 1 aromatic rings. The van der Waals surface area contributed by atoms with Gasteiger partial charge in [-0.25, -0.2) is 0 Å². The number of hydrogen-bond acceptors (Lipinski definition) is 1. The minimum atomic E-state index is 0.0332. The fourth-order valence-electron chi connectivity index (χ4n) is 2.59. The van der Waals surface area contributed by atoms with Gasteiger partial charge in [-0.05, 0) is 22.6 Å². The summed E-state index contributed by atoms with van der Waals surface area (Å²) in [6.07, 6.45) is 10.9. The highest BCUT2D eigenvalue weighted by molar-refractivity contribution is 5.78. The van der Waals surface area contributed by atoms with Crippen molar-refractivity contribution in [2.45, 2.75) is 40.5 Å². The lowest BCUT2D eigenvalue weighted by Gasteiger charge is -2.15. The maximum Gasteiger partial charge on any atom is 0.222 e. The van der Waals surface area contributed by atoms with E-state index >= 15 is 0 Å². The number of allylic oxidation sites excluding steroid dienone is 6. The molecule has 0 aliphatic heterocycles. The Morgan fingerprint density at radius 1 is 1.08 bits per heavy atom. The van der Waals surface area contributed by atoms with Crippen LogP contribution in [0.5, 0.6) is 0 Å². The van der Waals surface area contributed by atoms with Crippen LogP contribution in [0.15, 0.2) is 54.6 Å². The average molecular weight is 323 g/mol. The van der Waals surface area contributed by atoms with Crippen LogP contribution in [0.25, 0.3) is 5.57 Å². The molecular formula is C22H29NO. The number of rotatable bonds is 5. The molecule has 2 nitrogen and oxygen atoms in total. The minimum Gasteiger partial charge on any atom is -0.355 e. The van der Waals surface area contributed by atoms with Crippen LogP contribution in [-0.2, 0) is 4.79 Å². The smallest absolute Gasteiger partial charge is 0.222 e. The zero-order chi connectivity index (χ0) is 17.7. The van der Waals surface area contributed by atoms with Crippen molar-refractivity contribution in [3.63, 3.8) is 0 Å². The third kappa shape index (κ3) is 4.95. The molecular weight excluding hydrogens is 294 g/mol. The summed E-state index contributed by atoms with van der Waals surface area (Å²) in [5.41, 5.74) is 3.79. The summed E-state index contributed by atoms with van der Waals surface area (Å²) in [6.45, 7) is 11.1. The van der Waals surface area contributed by atoms with Gasteiger partial charge in [-0.2, -0.15) is 0 Å². The van der Waals surface area contributed by atoms with Gasteiger partial charge in [-0.3, -0.25) is 4.79 Å². The van der Waals surface area contributed by atoms with Crippen molar-refractivity contribution in [3.8, 4) is 0 Å². The van der Waals surface area contributed by atoms with Gasteiger partial charge >= 0.3 is 0 Å². The van der Waals surface area contributed by atoms with Crippen molar-refractivity contribution in [3.05, 3.63) is 65.8 Å². The van der Waals surface area contributed by atoms with E-state index < -0.39 is 0 Å². The summed E-state index contributed by atoms with van der Waals surface area (Å²) in [4.78, 5) is 11.7. The van der Waals surface area contributed by atoms with Crippen molar-refractivity contribution in [1.29, 1.82) is 0 Å². The fraction of sp³-hybridized carbons (Fsp3) is 0.409. The van der Waals surface area contributed by atoms with Crippen molar-refractivity contribution in [2.24, 2.45) is 11.3 Å². The van der Waals surface area contributed by atoms with Crippen LogP contribution in [-0.4, -0.2) is 12.5 Å². The third-order valence-electron chi connectivity index (χ3n) is 4.41. The summed E-state index contributed by atoms with van der Waals surface area (Å²) in [7, 11) is 0. The van der Waals surface area contributed by atoms with Gasteiger partial charge in [0.05, 0.1) is 0 Å². The van der Waals surface area contributed by atoms with Crippen LogP contribution in [0.2, 0.25) is 0 Å². The molecule has 1 atom stereocenters. The van der Waals surface area contributed by atoms with Crippen molar-refractivity contribution in [1.82, 2.24) is 5.32 Å². The fourth-order valence-corrected chi connectivity index (χ4v) is 2.59. The van der Waals surface area contributed by atoms with E-state index in [0.717, 1.165) is 0 Å². The number of amides is 1. The highest BCUT2D eigenvalue weighted by Crippen LogP contribution is 2.27. The van der Waals surface area contributed by atoms with Crippen molar-refractivity contribution in [2.75, 3.05) is 6.54 Å². The largest absolute Gasteiger partial charge is 0.355 e. The molecule has 1 aromatic carbocycles. The van der Waals surface area contributed by atoms with E-state index in [-0.39, 0.29) is 17.2 Å². The van der Waals surface area contributed by atoms with Crippen LogP contribution >= 0.6 is 0 Å². The van der Waals surface area contributed by atoms with Gasteiger partial charge in [-0.15, -0.1) is 0 Å². The standard InChI is InChI=1S/C22H29NO/c1-16(2)21(24)23-15-17(3)18-8-10-20(11-9-18)19-7-6-13-22(4,5)14-12-19/h6-14,16-17H,15H2,1-5H3,(H,23,24). The van der Waals surface area contributed by atoms with Gasteiger partial charge in [0.25, 0.3) is 0 Å². The van der Waals surface area contributed by atoms with Crippen LogP contribution in [0.4, 0.5) is 0 Å². The lowest BCUT2D eigenvalue weighted by molar-refractivity contribution is -0.124. The second kappa shape index (κ2) is 7.65. The molecule has 128 valence electrons. The molecule has 0 radical (unpaired) electrons. The van der Waals surface area contributed by atoms with Crippen LogP contribution in [0, 0.1) is 11.3 Å². The van der Waals surface area contributed by atoms with Crippen LogP contribution < -0.4 is 5.32 Å². The Morgan fingerprint density at radius 3 is 2.38 bits per heavy atom. The Morgan fingerprint density at radius 2 is 1.75 bits per heavy atom. The predicted molar refractivity (Wildman–Crippen MR) is 103 cm³/mol. The van der Waals surface area contributed by atoms with E-state index in [2.05, 4.69) is 80.7 Å². The molecule has 0 saturated heterocycles. The van der Waals surface area contributed by atoms with E-state index in [9.17, 15) is 4.79 Å². The second-order valence-electron chi connectivity index (χ2n) is 7.56. The molecule has 24 heavy (non-hydrogen) atoms. The SMILES string of the molecule is CC(C)C(=O)NCC(C)c1ccc(C2=CC=CC(C)(C)C=C2)cc1. The minimum absolute atomic E-state index is 0.0332. The lowest BCUT2D eigenvalue weighted by Crippen LogP contribution is -2.30. The normalized spacial score (nSPS) is 17.3. The molecule has 1 aliphatic carbocycles. The average Bonchev–Trinajstić information content (AvgIpc) is 2.73. The molecule has 2 rings (SSSR count). The topological polar surface area (TPSA) is 29.1 Å². The number of nitrogens with one attached hydrogen (secondary N) is 1. The second-order valence-corrected chi connectivity index (χ2v) is 7.56. The van der Waals surface area contributed by atoms with Gasteiger partial charge in [0.15, 0.2) is 0 Å². The molecule has 0 spiro atoms. The maximum atomic E-state index is 11.7. The zero-order valence-corrected chi connectivity index (χ0v) is 15.5. The molecule has 1 unspecified atom stereocenters. The van der Waals surface area contributed by atoms with Crippen LogP contribution in [0.3, 0.4) is 0 Å². The van der Waals surface area contributed by atoms with E-state index in [1.807, 2.05) is 13.8 Å². The highest BCUT2D eigenvalue weighted by atomic mass is 16.1. The summed E-state index contributed by atoms with van der Waals surface area (Å²) >= 11 is 0. The Kier molecular flexibility index (Phi) is 5.82. The summed E-state index contributed by atoms with van der Waals surface area (Å²) in [5.74, 6) is 0.451. The first-order chi connectivity index (χ1) is 11.3. The third-order valence-corrected chi connectivity index (χ3v) is 4.41. The molecule has 1 N–H and O–H groups in total. The van der Waals surface area contributed by atoms with Crippen molar-refractivity contribution < 1.29 is 4.79 Å². The molecule has 1 aliphatic rings. The number of benzene rings is 1. The predicted octanol–water partition coefficient (Wildman–Crippen LogP) is 5.10. The molecule has 2 heteroatoms.